The van der Waals surface area contributed by atoms with Crippen molar-refractivity contribution in [3.05, 3.63) is 58.6 Å². The number of ketones is 1. The lowest BCUT2D eigenvalue weighted by Crippen LogP contribution is -2.40. The Bertz CT molecular complexity index is 873. The predicted octanol–water partition coefficient (Wildman–Crippen LogP) is 4.94. The average Bonchev–Trinajstić information content (AvgIpc) is 2.77. The molecule has 0 radical (unpaired) electrons. The number of halogens is 1. The summed E-state index contributed by atoms with van der Waals surface area (Å²) in [5.74, 6) is 1.78. The summed E-state index contributed by atoms with van der Waals surface area (Å²) in [6, 6.07) is 12.7. The molecule has 2 aromatic rings. The number of ether oxygens (including phenoxy) is 2. The molecule has 30 heavy (non-hydrogen) atoms. The molecule has 3 rings (SSSR count). The van der Waals surface area contributed by atoms with Crippen LogP contribution in [0.3, 0.4) is 0 Å². The van der Waals surface area contributed by atoms with Crippen LogP contribution in [0.25, 0.3) is 0 Å². The highest BCUT2D eigenvalue weighted by Gasteiger charge is 2.27. The Morgan fingerprint density at radius 2 is 1.80 bits per heavy atom. The van der Waals surface area contributed by atoms with E-state index in [9.17, 15) is 9.59 Å². The molecule has 0 N–H and O–H groups in total. The summed E-state index contributed by atoms with van der Waals surface area (Å²) in [6.07, 6.45) is 2.52. The van der Waals surface area contributed by atoms with Crippen molar-refractivity contribution in [2.75, 3.05) is 26.8 Å². The number of aryl methyl sites for hydroxylation is 1. The first-order valence-electron chi connectivity index (χ1n) is 10.3. The number of nitrogens with zero attached hydrogens (tertiary/aromatic N) is 1. The van der Waals surface area contributed by atoms with E-state index in [4.69, 9.17) is 21.1 Å². The van der Waals surface area contributed by atoms with Gasteiger partial charge in [-0.15, -0.1) is 0 Å². The number of likely N-dealkylation sites (tertiary alicyclic amines) is 1. The molecule has 0 atom stereocenters. The number of Topliss-reactive ketones (excluding diaryl/α,β-unsaturated/α-hetero) is 1. The van der Waals surface area contributed by atoms with Crippen LogP contribution < -0.4 is 9.47 Å². The Balaban J connectivity index is 1.39. The van der Waals surface area contributed by atoms with E-state index in [1.807, 2.05) is 24.0 Å². The van der Waals surface area contributed by atoms with Crippen LogP contribution in [-0.2, 0) is 4.79 Å². The van der Waals surface area contributed by atoms with Gasteiger partial charge in [0.25, 0.3) is 0 Å². The fraction of sp³-hybridized carbons (Fsp3) is 0.417. The Labute approximate surface area is 182 Å². The van der Waals surface area contributed by atoms with E-state index in [0.717, 1.165) is 17.1 Å². The van der Waals surface area contributed by atoms with Crippen molar-refractivity contribution in [1.29, 1.82) is 0 Å². The van der Waals surface area contributed by atoms with Crippen LogP contribution in [0.2, 0.25) is 5.02 Å². The zero-order valence-corrected chi connectivity index (χ0v) is 18.3. The number of carbonyl (C=O) groups excluding carboxylic acids is 2. The van der Waals surface area contributed by atoms with E-state index in [1.54, 1.807) is 37.4 Å². The molecule has 0 aliphatic carbocycles. The molecule has 1 heterocycles. The van der Waals surface area contributed by atoms with Gasteiger partial charge in [-0.1, -0.05) is 11.6 Å². The van der Waals surface area contributed by atoms with Gasteiger partial charge in [0.1, 0.15) is 11.5 Å². The van der Waals surface area contributed by atoms with Gasteiger partial charge in [0.15, 0.2) is 5.78 Å². The van der Waals surface area contributed by atoms with Gasteiger partial charge in [-0.3, -0.25) is 9.59 Å². The first-order chi connectivity index (χ1) is 14.5. The van der Waals surface area contributed by atoms with E-state index in [2.05, 4.69) is 0 Å². The first kappa shape index (κ1) is 22.2. The molecular formula is C24H28ClNO4. The van der Waals surface area contributed by atoms with Crippen molar-refractivity contribution in [3.8, 4) is 11.5 Å². The van der Waals surface area contributed by atoms with E-state index in [0.29, 0.717) is 56.0 Å². The summed E-state index contributed by atoms with van der Waals surface area (Å²) in [5.41, 5.74) is 1.69. The van der Waals surface area contributed by atoms with E-state index in [-0.39, 0.29) is 17.6 Å². The molecule has 0 spiro atoms. The summed E-state index contributed by atoms with van der Waals surface area (Å²) >= 11 is 5.95. The smallest absolute Gasteiger partial charge is 0.222 e. The molecule has 0 saturated carbocycles. The van der Waals surface area contributed by atoms with Gasteiger partial charge in [-0.2, -0.15) is 0 Å². The molecule has 160 valence electrons. The topological polar surface area (TPSA) is 55.8 Å². The Morgan fingerprint density at radius 1 is 1.10 bits per heavy atom. The van der Waals surface area contributed by atoms with Gasteiger partial charge in [0, 0.05) is 36.0 Å². The lowest BCUT2D eigenvalue weighted by molar-refractivity contribution is -0.132. The number of benzene rings is 2. The molecule has 1 aliphatic rings. The highest BCUT2D eigenvalue weighted by molar-refractivity contribution is 6.30. The van der Waals surface area contributed by atoms with Crippen molar-refractivity contribution in [2.24, 2.45) is 5.92 Å². The van der Waals surface area contributed by atoms with E-state index < -0.39 is 0 Å². The highest BCUT2D eigenvalue weighted by atomic mass is 35.5. The third kappa shape index (κ3) is 5.76. The number of amides is 1. The summed E-state index contributed by atoms with van der Waals surface area (Å²) < 4.78 is 10.9. The Hall–Kier alpha value is -2.53. The van der Waals surface area contributed by atoms with Crippen molar-refractivity contribution < 1.29 is 19.1 Å². The minimum Gasteiger partial charge on any atom is -0.497 e. The predicted molar refractivity (Wildman–Crippen MR) is 118 cm³/mol. The van der Waals surface area contributed by atoms with Crippen LogP contribution in [0.1, 0.15) is 41.6 Å². The lowest BCUT2D eigenvalue weighted by Gasteiger charge is -2.31. The minimum atomic E-state index is -0.0290. The lowest BCUT2D eigenvalue weighted by atomic mass is 9.88. The van der Waals surface area contributed by atoms with Crippen LogP contribution in [0.5, 0.6) is 11.5 Å². The normalized spacial score (nSPS) is 14.4. The fourth-order valence-corrected chi connectivity index (χ4v) is 3.95. The van der Waals surface area contributed by atoms with Crippen molar-refractivity contribution >= 4 is 23.3 Å². The monoisotopic (exact) mass is 429 g/mol. The summed E-state index contributed by atoms with van der Waals surface area (Å²) in [7, 11) is 1.61. The standard InChI is InChI=1S/C24H28ClNO4/c1-17-16-20(25)7-10-22(17)30-15-3-4-23(27)26-13-11-19(12-14-26)24(28)18-5-8-21(29-2)9-6-18/h5-10,16,19H,3-4,11-15H2,1-2H3. The van der Waals surface area contributed by atoms with Gasteiger partial charge < -0.3 is 14.4 Å². The fourth-order valence-electron chi connectivity index (χ4n) is 3.72. The van der Waals surface area contributed by atoms with Gasteiger partial charge >= 0.3 is 0 Å². The Morgan fingerprint density at radius 3 is 2.43 bits per heavy atom. The maximum atomic E-state index is 12.7. The van der Waals surface area contributed by atoms with E-state index in [1.165, 1.54) is 0 Å². The second-order valence-corrected chi connectivity index (χ2v) is 8.05. The molecule has 1 saturated heterocycles. The number of piperidine rings is 1. The third-order valence-electron chi connectivity index (χ3n) is 5.52. The SMILES string of the molecule is COc1ccc(C(=O)C2CCN(C(=O)CCCOc3ccc(Cl)cc3C)CC2)cc1. The van der Waals surface area contributed by atoms with E-state index >= 15 is 0 Å². The van der Waals surface area contributed by atoms with Crippen molar-refractivity contribution in [1.82, 2.24) is 4.90 Å². The number of hydrogen-bond acceptors (Lipinski definition) is 4. The minimum absolute atomic E-state index is 0.0290. The van der Waals surface area contributed by atoms with Crippen LogP contribution in [0, 0.1) is 12.8 Å². The largest absolute Gasteiger partial charge is 0.497 e. The molecule has 1 fully saturated rings. The number of carbonyl (C=O) groups is 2. The molecular weight excluding hydrogens is 402 g/mol. The summed E-state index contributed by atoms with van der Waals surface area (Å²) in [5, 5.41) is 0.684. The zero-order chi connectivity index (χ0) is 21.5. The van der Waals surface area contributed by atoms with Gasteiger partial charge in [0.05, 0.1) is 13.7 Å². The molecule has 2 aromatic carbocycles. The van der Waals surface area contributed by atoms with Crippen LogP contribution in [0.15, 0.2) is 42.5 Å². The molecule has 0 aromatic heterocycles. The number of methoxy groups -OCH3 is 1. The highest BCUT2D eigenvalue weighted by Crippen LogP contribution is 2.24. The summed E-state index contributed by atoms with van der Waals surface area (Å²) in [4.78, 5) is 27.1. The molecule has 6 heteroatoms. The van der Waals surface area contributed by atoms with Crippen molar-refractivity contribution in [3.63, 3.8) is 0 Å². The van der Waals surface area contributed by atoms with Crippen LogP contribution in [0.4, 0.5) is 0 Å². The second kappa shape index (κ2) is 10.5. The third-order valence-corrected chi connectivity index (χ3v) is 5.76. The maximum absolute atomic E-state index is 12.7. The van der Waals surface area contributed by atoms with Crippen LogP contribution >= 0.6 is 11.6 Å². The maximum Gasteiger partial charge on any atom is 0.222 e. The van der Waals surface area contributed by atoms with Crippen molar-refractivity contribution in [2.45, 2.75) is 32.6 Å². The quantitative estimate of drug-likeness (QED) is 0.440. The number of hydrogen-bond donors (Lipinski definition) is 0. The van der Waals surface area contributed by atoms with Gasteiger partial charge in [-0.25, -0.2) is 0 Å². The second-order valence-electron chi connectivity index (χ2n) is 7.61. The molecule has 0 bridgehead atoms. The van der Waals surface area contributed by atoms with Gasteiger partial charge in [0.2, 0.25) is 5.91 Å². The summed E-state index contributed by atoms with van der Waals surface area (Å²) in [6.45, 7) is 3.69. The number of rotatable bonds is 8. The molecule has 1 aliphatic heterocycles. The zero-order valence-electron chi connectivity index (χ0n) is 17.5. The first-order valence-corrected chi connectivity index (χ1v) is 10.7. The van der Waals surface area contributed by atoms with Crippen LogP contribution in [-0.4, -0.2) is 43.4 Å². The van der Waals surface area contributed by atoms with Gasteiger partial charge in [-0.05, 0) is 74.2 Å². The molecule has 5 nitrogen and oxygen atoms in total. The average molecular weight is 430 g/mol. The molecule has 0 unspecified atom stereocenters. The molecule has 1 amide bonds. The Kier molecular flexibility index (Phi) is 7.75.